The Balaban J connectivity index is 1.77. The Hall–Kier alpha value is -2.62. The Morgan fingerprint density at radius 1 is 1.31 bits per heavy atom. The molecule has 0 bridgehead atoms. The van der Waals surface area contributed by atoms with Crippen LogP contribution in [0.3, 0.4) is 0 Å². The smallest absolute Gasteiger partial charge is 0.319 e. The van der Waals surface area contributed by atoms with Crippen LogP contribution in [0.25, 0.3) is 0 Å². The average Bonchev–Trinajstić information content (AvgIpc) is 2.97. The number of rotatable bonds is 7. The summed E-state index contributed by atoms with van der Waals surface area (Å²) < 4.78 is 7.08. The van der Waals surface area contributed by atoms with Crippen molar-refractivity contribution >= 4 is 23.6 Å². The molecule has 0 spiro atoms. The summed E-state index contributed by atoms with van der Waals surface area (Å²) in [7, 11) is 0. The third-order valence-corrected chi connectivity index (χ3v) is 3.81. The standard InChI is InChI=1S/C16H25N5O5/c1-11-7-20(8-12(2)26-11)14(22)10-21-9-13(6-18-21)19-16(25)17-5-3-4-15(23)24/h6,9,11-12H,3-5,7-8,10H2,1-2H3,(H,23,24)(H2,17,19,25). The van der Waals surface area contributed by atoms with Crippen LogP contribution < -0.4 is 10.6 Å². The lowest BCUT2D eigenvalue weighted by Crippen LogP contribution is -2.49. The molecule has 0 saturated carbocycles. The number of morpholine rings is 1. The van der Waals surface area contributed by atoms with Gasteiger partial charge in [0.1, 0.15) is 6.54 Å². The maximum atomic E-state index is 12.4. The maximum absolute atomic E-state index is 12.4. The van der Waals surface area contributed by atoms with Gasteiger partial charge in [-0.15, -0.1) is 0 Å². The molecule has 0 aliphatic carbocycles. The van der Waals surface area contributed by atoms with E-state index in [1.807, 2.05) is 13.8 Å². The van der Waals surface area contributed by atoms with E-state index < -0.39 is 12.0 Å². The second-order valence-corrected chi connectivity index (χ2v) is 6.36. The zero-order valence-electron chi connectivity index (χ0n) is 15.0. The molecule has 2 unspecified atom stereocenters. The fourth-order valence-electron chi connectivity index (χ4n) is 2.75. The van der Waals surface area contributed by atoms with Crippen LogP contribution in [0.2, 0.25) is 0 Å². The molecule has 1 fully saturated rings. The monoisotopic (exact) mass is 367 g/mol. The van der Waals surface area contributed by atoms with E-state index in [9.17, 15) is 14.4 Å². The van der Waals surface area contributed by atoms with E-state index in [-0.39, 0.29) is 37.6 Å². The number of carbonyl (C=O) groups is 3. The molecule has 3 N–H and O–H groups in total. The molecule has 144 valence electrons. The van der Waals surface area contributed by atoms with Gasteiger partial charge in [-0.3, -0.25) is 14.3 Å². The van der Waals surface area contributed by atoms with Crippen molar-refractivity contribution in [2.24, 2.45) is 0 Å². The molecule has 0 aromatic carbocycles. The first kappa shape index (κ1) is 19.7. The number of hydrogen-bond donors (Lipinski definition) is 3. The normalized spacial score (nSPS) is 19.8. The average molecular weight is 367 g/mol. The molecule has 2 rings (SSSR count). The van der Waals surface area contributed by atoms with Crippen molar-refractivity contribution in [2.45, 2.75) is 45.4 Å². The zero-order valence-corrected chi connectivity index (χ0v) is 15.0. The molecule has 0 radical (unpaired) electrons. The van der Waals surface area contributed by atoms with E-state index in [0.29, 0.717) is 25.2 Å². The van der Waals surface area contributed by atoms with Crippen molar-refractivity contribution in [1.29, 1.82) is 0 Å². The van der Waals surface area contributed by atoms with Gasteiger partial charge in [-0.1, -0.05) is 0 Å². The van der Waals surface area contributed by atoms with E-state index in [1.165, 1.54) is 10.9 Å². The summed E-state index contributed by atoms with van der Waals surface area (Å²) >= 11 is 0. The van der Waals surface area contributed by atoms with Gasteiger partial charge in [-0.2, -0.15) is 5.10 Å². The Bertz CT molecular complexity index is 637. The third-order valence-electron chi connectivity index (χ3n) is 3.81. The Morgan fingerprint density at radius 3 is 2.65 bits per heavy atom. The van der Waals surface area contributed by atoms with Crippen molar-refractivity contribution < 1.29 is 24.2 Å². The maximum Gasteiger partial charge on any atom is 0.319 e. The van der Waals surface area contributed by atoms with Gasteiger partial charge in [0.15, 0.2) is 0 Å². The van der Waals surface area contributed by atoms with Gasteiger partial charge >= 0.3 is 12.0 Å². The minimum atomic E-state index is -0.901. The van der Waals surface area contributed by atoms with Crippen LogP contribution >= 0.6 is 0 Å². The molecule has 1 aliphatic rings. The number of hydrogen-bond acceptors (Lipinski definition) is 5. The number of aromatic nitrogens is 2. The quantitative estimate of drug-likeness (QED) is 0.603. The van der Waals surface area contributed by atoms with E-state index in [2.05, 4.69) is 15.7 Å². The van der Waals surface area contributed by atoms with Crippen molar-refractivity contribution in [1.82, 2.24) is 20.0 Å². The lowest BCUT2D eigenvalue weighted by molar-refractivity contribution is -0.144. The summed E-state index contributed by atoms with van der Waals surface area (Å²) in [6, 6.07) is -0.447. The predicted octanol–water partition coefficient (Wildman–Crippen LogP) is 0.505. The fourth-order valence-corrected chi connectivity index (χ4v) is 2.75. The molecule has 1 aliphatic heterocycles. The van der Waals surface area contributed by atoms with Crippen LogP contribution in [-0.4, -0.2) is 69.5 Å². The second-order valence-electron chi connectivity index (χ2n) is 6.36. The highest BCUT2D eigenvalue weighted by molar-refractivity contribution is 5.88. The topological polar surface area (TPSA) is 126 Å². The number of aliphatic carboxylic acids is 1. The molecule has 1 aromatic rings. The number of anilines is 1. The van der Waals surface area contributed by atoms with Crippen molar-refractivity contribution in [3.63, 3.8) is 0 Å². The SMILES string of the molecule is CC1CN(C(=O)Cn2cc(NC(=O)NCCCC(=O)O)cn2)CC(C)O1. The van der Waals surface area contributed by atoms with Gasteiger partial charge < -0.3 is 25.4 Å². The van der Waals surface area contributed by atoms with E-state index >= 15 is 0 Å². The van der Waals surface area contributed by atoms with Crippen LogP contribution in [0.4, 0.5) is 10.5 Å². The summed E-state index contributed by atoms with van der Waals surface area (Å²) in [6.45, 7) is 5.31. The van der Waals surface area contributed by atoms with Crippen molar-refractivity contribution in [3.8, 4) is 0 Å². The number of nitrogens with one attached hydrogen (secondary N) is 2. The first-order valence-electron chi connectivity index (χ1n) is 8.56. The molecule has 26 heavy (non-hydrogen) atoms. The molecule has 2 atom stereocenters. The minimum absolute atomic E-state index is 0.000894. The lowest BCUT2D eigenvalue weighted by atomic mass is 10.2. The van der Waals surface area contributed by atoms with Crippen molar-refractivity contribution in [2.75, 3.05) is 25.0 Å². The zero-order chi connectivity index (χ0) is 19.1. The van der Waals surface area contributed by atoms with Crippen molar-refractivity contribution in [3.05, 3.63) is 12.4 Å². The van der Waals surface area contributed by atoms with E-state index in [1.54, 1.807) is 11.1 Å². The number of ether oxygens (including phenoxy) is 1. The van der Waals surface area contributed by atoms with Gasteiger partial charge in [0.25, 0.3) is 0 Å². The Kier molecular flexibility index (Phi) is 6.96. The number of carboxylic acid groups (broad SMARTS) is 1. The number of carbonyl (C=O) groups excluding carboxylic acids is 2. The highest BCUT2D eigenvalue weighted by Gasteiger charge is 2.26. The molecule has 1 saturated heterocycles. The van der Waals surface area contributed by atoms with Gasteiger partial charge in [-0.05, 0) is 20.3 Å². The summed E-state index contributed by atoms with van der Waals surface area (Å²) in [5, 5.41) is 17.8. The van der Waals surface area contributed by atoms with Gasteiger partial charge in [0.2, 0.25) is 5.91 Å². The largest absolute Gasteiger partial charge is 0.481 e. The summed E-state index contributed by atoms with van der Waals surface area (Å²) in [6.07, 6.45) is 3.38. The Morgan fingerprint density at radius 2 is 2.00 bits per heavy atom. The Labute approximate surface area is 151 Å². The number of nitrogens with zero attached hydrogens (tertiary/aromatic N) is 3. The number of carboxylic acids is 1. The second kappa shape index (κ2) is 9.18. The van der Waals surface area contributed by atoms with E-state index in [0.717, 1.165) is 0 Å². The van der Waals surface area contributed by atoms with Gasteiger partial charge in [0, 0.05) is 32.3 Å². The molecule has 2 heterocycles. The number of urea groups is 1. The molecule has 10 nitrogen and oxygen atoms in total. The summed E-state index contributed by atoms with van der Waals surface area (Å²) in [5.74, 6) is -0.957. The van der Waals surface area contributed by atoms with E-state index in [4.69, 9.17) is 9.84 Å². The molecular weight excluding hydrogens is 342 g/mol. The third kappa shape index (κ3) is 6.36. The molecular formula is C16H25N5O5. The molecule has 1 aromatic heterocycles. The first-order valence-corrected chi connectivity index (χ1v) is 8.56. The summed E-state index contributed by atoms with van der Waals surface area (Å²) in [5.41, 5.74) is 0.456. The fraction of sp³-hybridized carbons (Fsp3) is 0.625. The highest BCUT2D eigenvalue weighted by atomic mass is 16.5. The molecule has 10 heteroatoms. The summed E-state index contributed by atoms with van der Waals surface area (Å²) in [4.78, 5) is 36.2. The predicted molar refractivity (Wildman–Crippen MR) is 92.7 cm³/mol. The van der Waals surface area contributed by atoms with Gasteiger partial charge in [-0.25, -0.2) is 4.79 Å². The minimum Gasteiger partial charge on any atom is -0.481 e. The highest BCUT2D eigenvalue weighted by Crippen LogP contribution is 2.12. The molecule has 3 amide bonds. The van der Waals surface area contributed by atoms with Gasteiger partial charge in [0.05, 0.1) is 24.1 Å². The van der Waals surface area contributed by atoms with Crippen LogP contribution in [0.5, 0.6) is 0 Å². The van der Waals surface area contributed by atoms with Crippen LogP contribution in [0.1, 0.15) is 26.7 Å². The lowest BCUT2D eigenvalue weighted by Gasteiger charge is -2.35. The van der Waals surface area contributed by atoms with Crippen LogP contribution in [0, 0.1) is 0 Å². The van der Waals surface area contributed by atoms with Crippen LogP contribution in [-0.2, 0) is 20.9 Å². The number of amides is 3. The van der Waals surface area contributed by atoms with Crippen LogP contribution in [0.15, 0.2) is 12.4 Å². The first-order chi connectivity index (χ1) is 12.3.